The minimum atomic E-state index is 0.278. The lowest BCUT2D eigenvalue weighted by Crippen LogP contribution is -2.12. The van der Waals surface area contributed by atoms with Crippen LogP contribution in [0, 0.1) is 6.92 Å². The number of nitrogens with two attached hydrogens (primary N) is 1. The van der Waals surface area contributed by atoms with Crippen LogP contribution in [0.4, 0.5) is 5.69 Å². The summed E-state index contributed by atoms with van der Waals surface area (Å²) >= 11 is 5.67. The minimum absolute atomic E-state index is 0.278. The van der Waals surface area contributed by atoms with Gasteiger partial charge in [-0.1, -0.05) is 31.5 Å². The summed E-state index contributed by atoms with van der Waals surface area (Å²) in [5, 5.41) is 0. The second-order valence-corrected chi connectivity index (χ2v) is 4.14. The molecular formula is C13H19ClN2. The predicted octanol–water partition coefficient (Wildman–Crippen LogP) is 3.35. The standard InChI is InChI=1S/C13H19ClN2/c1-4-10-6-9(3)7-11(5-2)13(10)16-12(15)8-14/h6-7H,4-5,8H2,1-3H3,(H2,15,16). The highest BCUT2D eigenvalue weighted by Gasteiger charge is 2.07. The van der Waals surface area contributed by atoms with Gasteiger partial charge in [-0.05, 0) is 30.9 Å². The Morgan fingerprint density at radius 1 is 1.25 bits per heavy atom. The first-order valence-electron chi connectivity index (χ1n) is 5.63. The first-order chi connectivity index (χ1) is 7.62. The molecule has 0 heterocycles. The fourth-order valence-electron chi connectivity index (χ4n) is 1.79. The van der Waals surface area contributed by atoms with E-state index >= 15 is 0 Å². The SMILES string of the molecule is CCc1cc(C)cc(CC)c1N=C(N)CCl. The van der Waals surface area contributed by atoms with Crippen LogP contribution in [0.25, 0.3) is 0 Å². The summed E-state index contributed by atoms with van der Waals surface area (Å²) in [6.07, 6.45) is 1.92. The van der Waals surface area contributed by atoms with Crippen molar-refractivity contribution in [3.05, 3.63) is 28.8 Å². The molecule has 0 fully saturated rings. The summed E-state index contributed by atoms with van der Waals surface area (Å²) in [4.78, 5) is 4.42. The van der Waals surface area contributed by atoms with Crippen LogP contribution < -0.4 is 5.73 Å². The van der Waals surface area contributed by atoms with E-state index in [2.05, 4.69) is 37.9 Å². The summed E-state index contributed by atoms with van der Waals surface area (Å²) < 4.78 is 0. The Kier molecular flexibility index (Phi) is 4.81. The van der Waals surface area contributed by atoms with Crippen LogP contribution in [0.1, 0.15) is 30.5 Å². The van der Waals surface area contributed by atoms with E-state index in [0.29, 0.717) is 5.84 Å². The topological polar surface area (TPSA) is 38.4 Å². The third-order valence-corrected chi connectivity index (χ3v) is 2.84. The minimum Gasteiger partial charge on any atom is -0.386 e. The van der Waals surface area contributed by atoms with E-state index in [4.69, 9.17) is 17.3 Å². The fourth-order valence-corrected chi connectivity index (χ4v) is 1.85. The normalized spacial score (nSPS) is 11.9. The predicted molar refractivity (Wildman–Crippen MR) is 71.9 cm³/mol. The van der Waals surface area contributed by atoms with Crippen molar-refractivity contribution >= 4 is 23.1 Å². The fraction of sp³-hybridized carbons (Fsp3) is 0.462. The Morgan fingerprint density at radius 3 is 2.12 bits per heavy atom. The Bertz CT molecular complexity index is 372. The van der Waals surface area contributed by atoms with Gasteiger partial charge in [0.25, 0.3) is 0 Å². The molecule has 0 spiro atoms. The molecule has 1 rings (SSSR count). The zero-order valence-corrected chi connectivity index (χ0v) is 10.9. The van der Waals surface area contributed by atoms with Crippen molar-refractivity contribution in [1.29, 1.82) is 0 Å². The highest BCUT2D eigenvalue weighted by Crippen LogP contribution is 2.27. The molecule has 0 atom stereocenters. The molecule has 1 aromatic rings. The number of aliphatic imine (C=N–C) groups is 1. The van der Waals surface area contributed by atoms with Crippen LogP contribution >= 0.6 is 11.6 Å². The van der Waals surface area contributed by atoms with Gasteiger partial charge in [-0.3, -0.25) is 0 Å². The van der Waals surface area contributed by atoms with Crippen LogP contribution in [-0.4, -0.2) is 11.7 Å². The Morgan fingerprint density at radius 2 is 1.75 bits per heavy atom. The Labute approximate surface area is 103 Å². The lowest BCUT2D eigenvalue weighted by molar-refractivity contribution is 1.07. The van der Waals surface area contributed by atoms with Gasteiger partial charge in [0.1, 0.15) is 5.84 Å². The van der Waals surface area contributed by atoms with Gasteiger partial charge in [-0.15, -0.1) is 11.6 Å². The van der Waals surface area contributed by atoms with E-state index in [1.54, 1.807) is 0 Å². The number of alkyl halides is 1. The molecule has 0 saturated heterocycles. The van der Waals surface area contributed by atoms with Crippen molar-refractivity contribution in [3.63, 3.8) is 0 Å². The molecule has 0 aliphatic heterocycles. The van der Waals surface area contributed by atoms with Crippen LogP contribution in [-0.2, 0) is 12.8 Å². The van der Waals surface area contributed by atoms with Crippen molar-refractivity contribution in [2.75, 3.05) is 5.88 Å². The number of nitrogens with zero attached hydrogens (tertiary/aromatic N) is 1. The maximum absolute atomic E-state index is 5.71. The van der Waals surface area contributed by atoms with E-state index in [9.17, 15) is 0 Å². The van der Waals surface area contributed by atoms with Crippen LogP contribution in [0.15, 0.2) is 17.1 Å². The molecule has 0 aromatic heterocycles. The third kappa shape index (κ3) is 2.99. The average molecular weight is 239 g/mol. The van der Waals surface area contributed by atoms with E-state index in [0.717, 1.165) is 18.5 Å². The molecular weight excluding hydrogens is 220 g/mol. The van der Waals surface area contributed by atoms with Crippen LogP contribution in [0.2, 0.25) is 0 Å². The molecule has 0 unspecified atom stereocenters. The summed E-state index contributed by atoms with van der Waals surface area (Å²) in [5.74, 6) is 0.759. The maximum Gasteiger partial charge on any atom is 0.115 e. The maximum atomic E-state index is 5.71. The summed E-state index contributed by atoms with van der Waals surface area (Å²) in [5.41, 5.74) is 10.5. The van der Waals surface area contributed by atoms with Crippen molar-refractivity contribution in [1.82, 2.24) is 0 Å². The molecule has 16 heavy (non-hydrogen) atoms. The number of aryl methyl sites for hydroxylation is 3. The number of hydrogen-bond acceptors (Lipinski definition) is 1. The second kappa shape index (κ2) is 5.90. The van der Waals surface area contributed by atoms with E-state index in [1.807, 2.05) is 0 Å². The van der Waals surface area contributed by atoms with Gasteiger partial charge < -0.3 is 5.73 Å². The van der Waals surface area contributed by atoms with Gasteiger partial charge in [0, 0.05) is 0 Å². The van der Waals surface area contributed by atoms with E-state index in [-0.39, 0.29) is 5.88 Å². The number of halogens is 1. The zero-order valence-electron chi connectivity index (χ0n) is 10.2. The molecule has 3 heteroatoms. The summed E-state index contributed by atoms with van der Waals surface area (Å²) in [7, 11) is 0. The number of rotatable bonds is 4. The summed E-state index contributed by atoms with van der Waals surface area (Å²) in [6.45, 7) is 6.37. The molecule has 2 N–H and O–H groups in total. The van der Waals surface area contributed by atoms with Crippen LogP contribution in [0.5, 0.6) is 0 Å². The number of hydrogen-bond donors (Lipinski definition) is 1. The largest absolute Gasteiger partial charge is 0.386 e. The summed E-state index contributed by atoms with van der Waals surface area (Å²) in [6, 6.07) is 4.33. The first-order valence-corrected chi connectivity index (χ1v) is 6.17. The average Bonchev–Trinajstić information content (AvgIpc) is 2.30. The lowest BCUT2D eigenvalue weighted by Gasteiger charge is -2.11. The Hall–Kier alpha value is -1.02. The lowest BCUT2D eigenvalue weighted by atomic mass is 10.00. The third-order valence-electron chi connectivity index (χ3n) is 2.57. The molecule has 0 aliphatic rings. The number of amidine groups is 1. The van der Waals surface area contributed by atoms with Crippen LogP contribution in [0.3, 0.4) is 0 Å². The Balaban J connectivity index is 3.33. The first kappa shape index (κ1) is 13.0. The number of benzene rings is 1. The van der Waals surface area contributed by atoms with Gasteiger partial charge >= 0.3 is 0 Å². The van der Waals surface area contributed by atoms with Gasteiger partial charge in [0.15, 0.2) is 0 Å². The molecule has 0 amide bonds. The molecule has 0 bridgehead atoms. The quantitative estimate of drug-likeness (QED) is 0.488. The van der Waals surface area contributed by atoms with Gasteiger partial charge in [-0.25, -0.2) is 4.99 Å². The van der Waals surface area contributed by atoms with Gasteiger partial charge in [-0.2, -0.15) is 0 Å². The van der Waals surface area contributed by atoms with Gasteiger partial charge in [0.05, 0.1) is 11.6 Å². The van der Waals surface area contributed by atoms with Crippen molar-refractivity contribution in [2.45, 2.75) is 33.6 Å². The van der Waals surface area contributed by atoms with Crippen molar-refractivity contribution < 1.29 is 0 Å². The highest BCUT2D eigenvalue weighted by molar-refractivity contribution is 6.28. The molecule has 0 aliphatic carbocycles. The van der Waals surface area contributed by atoms with E-state index in [1.165, 1.54) is 16.7 Å². The monoisotopic (exact) mass is 238 g/mol. The smallest absolute Gasteiger partial charge is 0.115 e. The zero-order chi connectivity index (χ0) is 12.1. The van der Waals surface area contributed by atoms with E-state index < -0.39 is 0 Å². The molecule has 88 valence electrons. The second-order valence-electron chi connectivity index (χ2n) is 3.88. The van der Waals surface area contributed by atoms with Crippen molar-refractivity contribution in [2.24, 2.45) is 10.7 Å². The molecule has 1 aromatic carbocycles. The highest BCUT2D eigenvalue weighted by atomic mass is 35.5. The van der Waals surface area contributed by atoms with Gasteiger partial charge in [0.2, 0.25) is 0 Å². The molecule has 0 saturated carbocycles. The van der Waals surface area contributed by atoms with Crippen molar-refractivity contribution in [3.8, 4) is 0 Å². The molecule has 2 nitrogen and oxygen atoms in total. The molecule has 0 radical (unpaired) electrons.